The van der Waals surface area contributed by atoms with Crippen LogP contribution in [0.2, 0.25) is 0 Å². The first-order valence-corrected chi connectivity index (χ1v) is 4.90. The average Bonchev–Trinajstić information content (AvgIpc) is 2.14. The number of halogens is 4. The predicted octanol–water partition coefficient (Wildman–Crippen LogP) is 2.71. The third kappa shape index (κ3) is 3.41. The van der Waals surface area contributed by atoms with E-state index in [1.54, 1.807) is 0 Å². The van der Waals surface area contributed by atoms with Gasteiger partial charge in [-0.25, -0.2) is 0 Å². The first-order chi connectivity index (χ1) is 7.33. The Morgan fingerprint density at radius 2 is 2.06 bits per heavy atom. The summed E-state index contributed by atoms with van der Waals surface area (Å²) in [6.45, 7) is 0. The van der Waals surface area contributed by atoms with Gasteiger partial charge in [-0.3, -0.25) is 4.79 Å². The summed E-state index contributed by atoms with van der Waals surface area (Å²) in [6, 6.07) is 3.77. The molecular formula is C9H7BrF3NO2. The number of ether oxygens (including phenoxy) is 1. The van der Waals surface area contributed by atoms with Crippen molar-refractivity contribution in [2.24, 2.45) is 0 Å². The van der Waals surface area contributed by atoms with Crippen molar-refractivity contribution in [1.29, 1.82) is 0 Å². The highest BCUT2D eigenvalue weighted by Crippen LogP contribution is 2.29. The average molecular weight is 298 g/mol. The summed E-state index contributed by atoms with van der Waals surface area (Å²) in [4.78, 5) is 11.3. The van der Waals surface area contributed by atoms with E-state index in [2.05, 4.69) is 26.0 Å². The largest absolute Gasteiger partial charge is 0.573 e. The van der Waals surface area contributed by atoms with Crippen molar-refractivity contribution in [3.63, 3.8) is 0 Å². The number of benzene rings is 1. The molecule has 0 aliphatic carbocycles. The maximum absolute atomic E-state index is 12.1. The lowest BCUT2D eigenvalue weighted by Gasteiger charge is -2.12. The van der Waals surface area contributed by atoms with Crippen molar-refractivity contribution >= 4 is 21.8 Å². The number of hydrogen-bond donors (Lipinski definition) is 1. The van der Waals surface area contributed by atoms with Crippen LogP contribution in [0.3, 0.4) is 0 Å². The molecule has 0 unspecified atom stereocenters. The van der Waals surface area contributed by atoms with Crippen LogP contribution in [0.25, 0.3) is 0 Å². The molecule has 1 aromatic rings. The molecule has 1 aromatic carbocycles. The molecule has 0 aliphatic rings. The third-order valence-corrected chi connectivity index (χ3v) is 2.13. The fourth-order valence-corrected chi connectivity index (χ4v) is 1.37. The van der Waals surface area contributed by atoms with Crippen molar-refractivity contribution in [1.82, 2.24) is 5.32 Å². The quantitative estimate of drug-likeness (QED) is 0.911. The molecule has 3 nitrogen and oxygen atoms in total. The van der Waals surface area contributed by atoms with E-state index in [0.29, 0.717) is 4.47 Å². The van der Waals surface area contributed by atoms with E-state index in [9.17, 15) is 18.0 Å². The van der Waals surface area contributed by atoms with E-state index in [1.165, 1.54) is 19.2 Å². The minimum Gasteiger partial charge on any atom is -0.405 e. The van der Waals surface area contributed by atoms with Gasteiger partial charge >= 0.3 is 6.36 Å². The van der Waals surface area contributed by atoms with Crippen molar-refractivity contribution in [3.05, 3.63) is 28.2 Å². The molecule has 1 amide bonds. The fourth-order valence-electron chi connectivity index (χ4n) is 1.03. The normalized spacial score (nSPS) is 11.1. The number of rotatable bonds is 2. The molecule has 0 atom stereocenters. The number of hydrogen-bond acceptors (Lipinski definition) is 2. The summed E-state index contributed by atoms with van der Waals surface area (Å²) in [5.74, 6) is -1.19. The first-order valence-electron chi connectivity index (χ1n) is 4.11. The molecule has 0 heterocycles. The highest BCUT2D eigenvalue weighted by molar-refractivity contribution is 9.10. The fraction of sp³-hybridized carbons (Fsp3) is 0.222. The van der Waals surface area contributed by atoms with Crippen LogP contribution in [-0.2, 0) is 0 Å². The maximum Gasteiger partial charge on any atom is 0.573 e. The van der Waals surface area contributed by atoms with E-state index < -0.39 is 18.0 Å². The van der Waals surface area contributed by atoms with Crippen LogP contribution in [0.4, 0.5) is 13.2 Å². The summed E-state index contributed by atoms with van der Waals surface area (Å²) in [5, 5.41) is 2.23. The van der Waals surface area contributed by atoms with Crippen molar-refractivity contribution in [3.8, 4) is 5.75 Å². The Bertz CT molecular complexity index is 406. The molecule has 0 aromatic heterocycles. The zero-order chi connectivity index (χ0) is 12.3. The zero-order valence-electron chi connectivity index (χ0n) is 8.06. The van der Waals surface area contributed by atoms with Crippen molar-refractivity contribution in [2.45, 2.75) is 6.36 Å². The predicted molar refractivity (Wildman–Crippen MR) is 54.2 cm³/mol. The van der Waals surface area contributed by atoms with Gasteiger partial charge in [-0.2, -0.15) is 0 Å². The zero-order valence-corrected chi connectivity index (χ0v) is 9.65. The second kappa shape index (κ2) is 4.73. The van der Waals surface area contributed by atoms with Gasteiger partial charge < -0.3 is 10.1 Å². The summed E-state index contributed by atoms with van der Waals surface area (Å²) < 4.78 is 40.3. The molecule has 0 saturated carbocycles. The van der Waals surface area contributed by atoms with Crippen LogP contribution < -0.4 is 10.1 Å². The molecular weight excluding hydrogens is 291 g/mol. The number of alkyl halides is 3. The van der Waals surface area contributed by atoms with Gasteiger partial charge in [0.05, 0.1) is 5.56 Å². The summed E-state index contributed by atoms with van der Waals surface area (Å²) in [5.41, 5.74) is -0.178. The third-order valence-electron chi connectivity index (χ3n) is 1.64. The Labute approximate surface area is 97.7 Å². The molecule has 1 N–H and O–H groups in total. The van der Waals surface area contributed by atoms with Crippen molar-refractivity contribution in [2.75, 3.05) is 7.05 Å². The van der Waals surface area contributed by atoms with E-state index in [0.717, 1.165) is 6.07 Å². The highest BCUT2D eigenvalue weighted by atomic mass is 79.9. The van der Waals surface area contributed by atoms with Gasteiger partial charge in [-0.1, -0.05) is 15.9 Å². The number of carbonyl (C=O) groups is 1. The molecule has 1 rings (SSSR count). The second-order valence-corrected chi connectivity index (χ2v) is 3.68. The molecule has 0 aliphatic heterocycles. The van der Waals surface area contributed by atoms with Crippen LogP contribution in [0, 0.1) is 0 Å². The summed E-state index contributed by atoms with van der Waals surface area (Å²) in [6.07, 6.45) is -4.83. The summed E-state index contributed by atoms with van der Waals surface area (Å²) >= 11 is 3.00. The lowest BCUT2D eigenvalue weighted by atomic mass is 10.2. The number of amides is 1. The summed E-state index contributed by atoms with van der Waals surface area (Å²) in [7, 11) is 1.32. The van der Waals surface area contributed by atoms with Gasteiger partial charge in [0.1, 0.15) is 5.75 Å². The Morgan fingerprint density at radius 1 is 1.44 bits per heavy atom. The monoisotopic (exact) mass is 297 g/mol. The van der Waals surface area contributed by atoms with Crippen LogP contribution in [0.1, 0.15) is 10.4 Å². The van der Waals surface area contributed by atoms with Gasteiger partial charge in [0.25, 0.3) is 5.91 Å². The minimum absolute atomic E-state index is 0.178. The molecule has 88 valence electrons. The number of carbonyl (C=O) groups excluding carboxylic acids is 1. The maximum atomic E-state index is 12.1. The van der Waals surface area contributed by atoms with E-state index in [1.807, 2.05) is 0 Å². The van der Waals surface area contributed by atoms with E-state index in [-0.39, 0.29) is 5.56 Å². The SMILES string of the molecule is CNC(=O)c1ccc(Br)cc1OC(F)(F)F. The molecule has 0 fully saturated rings. The van der Waals surface area contributed by atoms with Gasteiger partial charge in [0.15, 0.2) is 0 Å². The Hall–Kier alpha value is -1.24. The van der Waals surface area contributed by atoms with E-state index >= 15 is 0 Å². The van der Waals surface area contributed by atoms with Gasteiger partial charge in [0.2, 0.25) is 0 Å². The molecule has 0 spiro atoms. The standard InChI is InChI=1S/C9H7BrF3NO2/c1-14-8(15)6-3-2-5(10)4-7(6)16-9(11,12)13/h2-4H,1H3,(H,14,15). The smallest absolute Gasteiger partial charge is 0.405 e. The van der Waals surface area contributed by atoms with Crippen molar-refractivity contribution < 1.29 is 22.7 Å². The lowest BCUT2D eigenvalue weighted by Crippen LogP contribution is -2.23. The van der Waals surface area contributed by atoms with Crippen LogP contribution in [0.5, 0.6) is 5.75 Å². The minimum atomic E-state index is -4.83. The van der Waals surface area contributed by atoms with Crippen LogP contribution >= 0.6 is 15.9 Å². The molecule has 0 bridgehead atoms. The molecule has 16 heavy (non-hydrogen) atoms. The molecule has 7 heteroatoms. The molecule has 0 saturated heterocycles. The lowest BCUT2D eigenvalue weighted by molar-refractivity contribution is -0.274. The van der Waals surface area contributed by atoms with Crippen LogP contribution in [-0.4, -0.2) is 19.3 Å². The first kappa shape index (κ1) is 12.8. The second-order valence-electron chi connectivity index (χ2n) is 2.77. The Kier molecular flexibility index (Phi) is 3.79. The molecule has 0 radical (unpaired) electrons. The van der Waals surface area contributed by atoms with E-state index in [4.69, 9.17) is 0 Å². The van der Waals surface area contributed by atoms with Gasteiger partial charge in [-0.05, 0) is 18.2 Å². The van der Waals surface area contributed by atoms with Gasteiger partial charge in [-0.15, -0.1) is 13.2 Å². The Morgan fingerprint density at radius 3 is 2.56 bits per heavy atom. The highest BCUT2D eigenvalue weighted by Gasteiger charge is 2.32. The number of nitrogens with one attached hydrogen (secondary N) is 1. The Balaban J connectivity index is 3.13. The van der Waals surface area contributed by atoms with Crippen LogP contribution in [0.15, 0.2) is 22.7 Å². The van der Waals surface area contributed by atoms with Gasteiger partial charge in [0, 0.05) is 11.5 Å². The topological polar surface area (TPSA) is 38.3 Å².